The molecule has 0 aromatic heterocycles. The van der Waals surface area contributed by atoms with Gasteiger partial charge in [0.05, 0.1) is 4.90 Å². The van der Waals surface area contributed by atoms with E-state index >= 15 is 0 Å². The molecule has 1 fully saturated rings. The first kappa shape index (κ1) is 14.7. The first-order chi connectivity index (χ1) is 9.31. The highest BCUT2D eigenvalue weighted by molar-refractivity contribution is 7.92. The average Bonchev–Trinajstić information content (AvgIpc) is 2.69. The van der Waals surface area contributed by atoms with Crippen molar-refractivity contribution < 1.29 is 18.0 Å². The van der Waals surface area contributed by atoms with E-state index in [0.29, 0.717) is 12.8 Å². The van der Waals surface area contributed by atoms with Crippen LogP contribution in [0.2, 0.25) is 0 Å². The Bertz CT molecular complexity index is 634. The highest BCUT2D eigenvalue weighted by Crippen LogP contribution is 2.20. The van der Waals surface area contributed by atoms with Crippen LogP contribution in [0.5, 0.6) is 0 Å². The van der Waals surface area contributed by atoms with Crippen LogP contribution in [0.3, 0.4) is 0 Å². The van der Waals surface area contributed by atoms with Gasteiger partial charge in [-0.25, -0.2) is 8.42 Å². The Morgan fingerprint density at radius 3 is 2.40 bits per heavy atom. The molecule has 1 unspecified atom stereocenters. The number of likely N-dealkylation sites (tertiary alicyclic amines) is 1. The zero-order valence-electron chi connectivity index (χ0n) is 11.5. The van der Waals surface area contributed by atoms with Crippen LogP contribution < -0.4 is 0 Å². The van der Waals surface area contributed by atoms with Gasteiger partial charge in [-0.1, -0.05) is 17.7 Å². The van der Waals surface area contributed by atoms with Crippen LogP contribution in [0.15, 0.2) is 29.2 Å². The predicted molar refractivity (Wildman–Crippen MR) is 73.8 cm³/mol. The second-order valence-electron chi connectivity index (χ2n) is 5.12. The van der Waals surface area contributed by atoms with E-state index in [1.165, 1.54) is 12.1 Å². The number of benzene rings is 1. The molecular formula is C14H17NO4S. The summed E-state index contributed by atoms with van der Waals surface area (Å²) in [5, 5.41) is 0. The number of nitrogens with zero attached hydrogens (tertiary/aromatic N) is 1. The maximum Gasteiger partial charge on any atom is 0.245 e. The SMILES string of the molecule is Cc1ccc(S(=O)(=O)CC(=O)N2C(=O)CCC2C)cc1. The summed E-state index contributed by atoms with van der Waals surface area (Å²) in [6.07, 6.45) is 0.895. The molecule has 1 saturated heterocycles. The van der Waals surface area contributed by atoms with Crippen molar-refractivity contribution in [2.45, 2.75) is 37.6 Å². The largest absolute Gasteiger partial charge is 0.279 e. The molecule has 6 heteroatoms. The first-order valence-electron chi connectivity index (χ1n) is 6.45. The van der Waals surface area contributed by atoms with Gasteiger partial charge in [0, 0.05) is 12.5 Å². The molecule has 20 heavy (non-hydrogen) atoms. The number of carbonyl (C=O) groups excluding carboxylic acids is 2. The molecule has 0 saturated carbocycles. The second kappa shape index (κ2) is 5.36. The summed E-state index contributed by atoms with van der Waals surface area (Å²) in [5.74, 6) is -1.59. The van der Waals surface area contributed by atoms with Crippen LogP contribution in [0, 0.1) is 6.92 Å². The van der Waals surface area contributed by atoms with E-state index < -0.39 is 21.5 Å². The van der Waals surface area contributed by atoms with Crippen LogP contribution >= 0.6 is 0 Å². The number of carbonyl (C=O) groups is 2. The molecule has 2 amide bonds. The minimum absolute atomic E-state index is 0.107. The van der Waals surface area contributed by atoms with Crippen molar-refractivity contribution in [3.05, 3.63) is 29.8 Å². The van der Waals surface area contributed by atoms with Gasteiger partial charge in [0.1, 0.15) is 5.75 Å². The van der Waals surface area contributed by atoms with E-state index in [1.807, 2.05) is 6.92 Å². The van der Waals surface area contributed by atoms with Crippen molar-refractivity contribution in [2.24, 2.45) is 0 Å². The summed E-state index contributed by atoms with van der Waals surface area (Å²) in [6.45, 7) is 3.60. The first-order valence-corrected chi connectivity index (χ1v) is 8.11. The fourth-order valence-corrected chi connectivity index (χ4v) is 3.46. The zero-order chi connectivity index (χ0) is 14.9. The Hall–Kier alpha value is -1.69. The van der Waals surface area contributed by atoms with Crippen molar-refractivity contribution in [1.29, 1.82) is 0 Å². The van der Waals surface area contributed by atoms with Gasteiger partial charge in [0.25, 0.3) is 0 Å². The normalized spacial score (nSPS) is 19.4. The van der Waals surface area contributed by atoms with Crippen LogP contribution in [0.4, 0.5) is 0 Å². The lowest BCUT2D eigenvalue weighted by molar-refractivity contribution is -0.141. The Kier molecular flexibility index (Phi) is 3.94. The molecule has 0 bridgehead atoms. The van der Waals surface area contributed by atoms with Crippen LogP contribution in [-0.2, 0) is 19.4 Å². The van der Waals surface area contributed by atoms with E-state index in [1.54, 1.807) is 19.1 Å². The summed E-state index contributed by atoms with van der Waals surface area (Å²) in [6, 6.07) is 6.10. The molecule has 1 aliphatic rings. The van der Waals surface area contributed by atoms with Gasteiger partial charge in [-0.15, -0.1) is 0 Å². The summed E-state index contributed by atoms with van der Waals surface area (Å²) < 4.78 is 24.3. The van der Waals surface area contributed by atoms with E-state index in [2.05, 4.69) is 0 Å². The molecule has 1 heterocycles. The summed E-state index contributed by atoms with van der Waals surface area (Å²) in [4.78, 5) is 24.8. The Morgan fingerprint density at radius 2 is 1.90 bits per heavy atom. The van der Waals surface area contributed by atoms with E-state index in [0.717, 1.165) is 10.5 Å². The quantitative estimate of drug-likeness (QED) is 0.843. The van der Waals surface area contributed by atoms with Crippen LogP contribution in [-0.4, -0.2) is 36.9 Å². The number of amides is 2. The molecule has 0 aliphatic carbocycles. The predicted octanol–water partition coefficient (Wildman–Crippen LogP) is 1.31. The second-order valence-corrected chi connectivity index (χ2v) is 7.11. The molecular weight excluding hydrogens is 278 g/mol. The van der Waals surface area contributed by atoms with Crippen molar-refractivity contribution in [1.82, 2.24) is 4.90 Å². The average molecular weight is 295 g/mol. The molecule has 1 aliphatic heterocycles. The van der Waals surface area contributed by atoms with Gasteiger partial charge in [-0.3, -0.25) is 14.5 Å². The molecule has 1 atom stereocenters. The minimum atomic E-state index is -3.70. The Morgan fingerprint density at radius 1 is 1.30 bits per heavy atom. The van der Waals surface area contributed by atoms with Gasteiger partial charge in [0.2, 0.25) is 11.8 Å². The van der Waals surface area contributed by atoms with E-state index in [9.17, 15) is 18.0 Å². The van der Waals surface area contributed by atoms with Gasteiger partial charge < -0.3 is 0 Å². The number of rotatable bonds is 3. The number of hydrogen-bond acceptors (Lipinski definition) is 4. The lowest BCUT2D eigenvalue weighted by Gasteiger charge is -2.19. The number of imide groups is 1. The molecule has 2 rings (SSSR count). The third-order valence-electron chi connectivity index (χ3n) is 3.45. The molecule has 108 valence electrons. The topological polar surface area (TPSA) is 71.5 Å². The monoisotopic (exact) mass is 295 g/mol. The standard InChI is InChI=1S/C14H17NO4S/c1-10-3-6-12(7-4-10)20(18,19)9-14(17)15-11(2)5-8-13(15)16/h3-4,6-7,11H,5,8-9H2,1-2H3. The lowest BCUT2D eigenvalue weighted by atomic mass is 10.2. The smallest absolute Gasteiger partial charge is 0.245 e. The number of sulfone groups is 1. The molecule has 0 spiro atoms. The van der Waals surface area contributed by atoms with Crippen molar-refractivity contribution in [3.8, 4) is 0 Å². The Balaban J connectivity index is 2.18. The third kappa shape index (κ3) is 2.90. The minimum Gasteiger partial charge on any atom is -0.279 e. The summed E-state index contributed by atoms with van der Waals surface area (Å²) in [5.41, 5.74) is 0.943. The molecule has 1 aromatic rings. The van der Waals surface area contributed by atoms with Gasteiger partial charge in [-0.05, 0) is 32.4 Å². The highest BCUT2D eigenvalue weighted by Gasteiger charge is 2.35. The lowest BCUT2D eigenvalue weighted by Crippen LogP contribution is -2.40. The molecule has 0 N–H and O–H groups in total. The summed E-state index contributed by atoms with van der Waals surface area (Å²) >= 11 is 0. The molecule has 0 radical (unpaired) electrons. The van der Waals surface area contributed by atoms with Crippen LogP contribution in [0.25, 0.3) is 0 Å². The summed E-state index contributed by atoms with van der Waals surface area (Å²) in [7, 11) is -3.70. The van der Waals surface area contributed by atoms with E-state index in [-0.39, 0.29) is 16.8 Å². The third-order valence-corrected chi connectivity index (χ3v) is 5.07. The highest BCUT2D eigenvalue weighted by atomic mass is 32.2. The maximum absolute atomic E-state index is 12.2. The molecule has 5 nitrogen and oxygen atoms in total. The number of hydrogen-bond donors (Lipinski definition) is 0. The molecule has 1 aromatic carbocycles. The fraction of sp³-hybridized carbons (Fsp3) is 0.429. The van der Waals surface area contributed by atoms with E-state index in [4.69, 9.17) is 0 Å². The van der Waals surface area contributed by atoms with Gasteiger partial charge in [0.15, 0.2) is 9.84 Å². The Labute approximate surface area is 118 Å². The zero-order valence-corrected chi connectivity index (χ0v) is 12.3. The number of aryl methyl sites for hydroxylation is 1. The van der Waals surface area contributed by atoms with Crippen molar-refractivity contribution >= 4 is 21.7 Å². The van der Waals surface area contributed by atoms with Crippen molar-refractivity contribution in [2.75, 3.05) is 5.75 Å². The van der Waals surface area contributed by atoms with Gasteiger partial charge >= 0.3 is 0 Å². The maximum atomic E-state index is 12.2. The van der Waals surface area contributed by atoms with Crippen LogP contribution in [0.1, 0.15) is 25.3 Å². The van der Waals surface area contributed by atoms with Gasteiger partial charge in [-0.2, -0.15) is 0 Å². The fourth-order valence-electron chi connectivity index (χ4n) is 2.27. The van der Waals surface area contributed by atoms with Crippen molar-refractivity contribution in [3.63, 3.8) is 0 Å².